The van der Waals surface area contributed by atoms with E-state index in [2.05, 4.69) is 14.7 Å². The molecule has 0 N–H and O–H groups in total. The lowest BCUT2D eigenvalue weighted by Gasteiger charge is -2.10. The summed E-state index contributed by atoms with van der Waals surface area (Å²) in [5.74, 6) is -0.493. The molecule has 9 heteroatoms. The fourth-order valence-electron chi connectivity index (χ4n) is 0.638. The maximum atomic E-state index is 8.30. The monoisotopic (exact) mass is 305 g/mol. The molecule has 1 rings (SSSR count). The smallest absolute Gasteiger partial charge is 0.293 e. The van der Waals surface area contributed by atoms with Crippen molar-refractivity contribution in [1.29, 1.82) is 5.26 Å². The quantitative estimate of drug-likeness (QED) is 0.453. The van der Waals surface area contributed by atoms with E-state index in [1.54, 1.807) is 0 Å². The third-order valence-corrected chi connectivity index (χ3v) is 2.39. The predicted molar refractivity (Wildman–Crippen MR) is 57.5 cm³/mol. The lowest BCUT2D eigenvalue weighted by molar-refractivity contribution is 0.482. The van der Waals surface area contributed by atoms with Crippen molar-refractivity contribution >= 4 is 58.0 Å². The summed E-state index contributed by atoms with van der Waals surface area (Å²) in [6.07, 6.45) is 1.37. The van der Waals surface area contributed by atoms with Crippen molar-refractivity contribution in [2.45, 2.75) is 3.79 Å². The summed E-state index contributed by atoms with van der Waals surface area (Å²) in [6, 6.07) is 0. The minimum Gasteiger partial charge on any atom is -0.365 e. The van der Waals surface area contributed by atoms with E-state index >= 15 is 0 Å². The molecule has 0 bridgehead atoms. The van der Waals surface area contributed by atoms with Crippen LogP contribution in [0.4, 0.5) is 0 Å². The van der Waals surface area contributed by atoms with Gasteiger partial charge in [-0.15, -0.1) is 5.26 Å². The largest absolute Gasteiger partial charge is 0.365 e. The van der Waals surface area contributed by atoms with Crippen LogP contribution in [0.2, 0.25) is 10.2 Å². The summed E-state index contributed by atoms with van der Waals surface area (Å²) in [6.45, 7) is 0. The van der Waals surface area contributed by atoms with Crippen molar-refractivity contribution in [3.05, 3.63) is 16.0 Å². The summed E-state index contributed by atoms with van der Waals surface area (Å²) in [7, 11) is 0. The van der Waals surface area contributed by atoms with Crippen LogP contribution in [0.25, 0.3) is 0 Å². The Labute approximate surface area is 110 Å². The normalized spacial score (nSPS) is 10.9. The molecular weight excluding hydrogens is 307 g/mol. The molecule has 0 spiro atoms. The fourth-order valence-corrected chi connectivity index (χ4v) is 1.18. The van der Waals surface area contributed by atoms with Gasteiger partial charge in [-0.05, 0) is 0 Å². The number of ether oxygens (including phenoxy) is 1. The van der Waals surface area contributed by atoms with Crippen molar-refractivity contribution in [1.82, 2.24) is 9.97 Å². The number of rotatable bonds is 1. The number of halogens is 5. The van der Waals surface area contributed by atoms with Crippen LogP contribution in [-0.2, 0) is 3.79 Å². The second-order valence-corrected chi connectivity index (χ2v) is 5.17. The number of nitrogens with zero attached hydrogens (tertiary/aromatic N) is 3. The maximum absolute atomic E-state index is 8.30. The summed E-state index contributed by atoms with van der Waals surface area (Å²) >= 11 is 27.8. The van der Waals surface area contributed by atoms with E-state index in [-0.39, 0.29) is 21.9 Å². The van der Waals surface area contributed by atoms with E-state index in [4.69, 9.17) is 63.3 Å². The van der Waals surface area contributed by atoms with Crippen LogP contribution < -0.4 is 4.74 Å². The van der Waals surface area contributed by atoms with Crippen LogP contribution >= 0.6 is 58.0 Å². The van der Waals surface area contributed by atoms with Crippen LogP contribution in [0.1, 0.15) is 5.82 Å². The molecule has 0 aliphatic rings. The third-order valence-electron chi connectivity index (χ3n) is 1.18. The number of aromatic nitrogens is 2. The molecule has 1 aromatic heterocycles. The van der Waals surface area contributed by atoms with Crippen LogP contribution in [0.15, 0.2) is 0 Å². The topological polar surface area (TPSA) is 58.8 Å². The van der Waals surface area contributed by atoms with Crippen molar-refractivity contribution in [2.75, 3.05) is 0 Å². The van der Waals surface area contributed by atoms with Gasteiger partial charge in [0, 0.05) is 0 Å². The third kappa shape index (κ3) is 3.13. The SMILES string of the molecule is N#COc1nc(C(Cl)(Cl)Cl)nc(Cl)c1Cl. The first-order chi connectivity index (χ1) is 6.86. The predicted octanol–water partition coefficient (Wildman–Crippen LogP) is 3.47. The average Bonchev–Trinajstić information content (AvgIpc) is 2.11. The molecule has 0 amide bonds. The Hall–Kier alpha value is -0.180. The van der Waals surface area contributed by atoms with Gasteiger partial charge in [0.25, 0.3) is 12.1 Å². The molecule has 1 aromatic rings. The van der Waals surface area contributed by atoms with Gasteiger partial charge >= 0.3 is 0 Å². The first-order valence-corrected chi connectivity index (χ1v) is 5.11. The molecule has 0 fully saturated rings. The van der Waals surface area contributed by atoms with E-state index in [1.807, 2.05) is 0 Å². The van der Waals surface area contributed by atoms with Gasteiger partial charge in [0.05, 0.1) is 0 Å². The Balaban J connectivity index is 3.31. The zero-order chi connectivity index (χ0) is 11.6. The zero-order valence-corrected chi connectivity index (χ0v) is 10.4. The summed E-state index contributed by atoms with van der Waals surface area (Å²) < 4.78 is 2.54. The highest BCUT2D eigenvalue weighted by Gasteiger charge is 2.29. The van der Waals surface area contributed by atoms with Gasteiger partial charge in [0.1, 0.15) is 5.02 Å². The summed E-state index contributed by atoms with van der Waals surface area (Å²) in [5.41, 5.74) is 0. The van der Waals surface area contributed by atoms with Crippen LogP contribution in [0.5, 0.6) is 5.88 Å². The number of hydrogen-bond acceptors (Lipinski definition) is 4. The standard InChI is InChI=1S/C6Cl5N3O/c7-2-3(8)13-5(6(9,10)11)14-4(2)15-1-12. The lowest BCUT2D eigenvalue weighted by atomic mass is 10.5. The minimum absolute atomic E-state index is 0.129. The Morgan fingerprint density at radius 2 is 1.80 bits per heavy atom. The number of nitriles is 1. The van der Waals surface area contributed by atoms with Gasteiger partial charge in [-0.2, -0.15) is 4.98 Å². The van der Waals surface area contributed by atoms with Crippen molar-refractivity contribution < 1.29 is 4.74 Å². The molecule has 0 aliphatic carbocycles. The molecule has 0 radical (unpaired) electrons. The lowest BCUT2D eigenvalue weighted by Crippen LogP contribution is -2.08. The van der Waals surface area contributed by atoms with Crippen molar-refractivity contribution in [2.24, 2.45) is 0 Å². The summed E-state index contributed by atoms with van der Waals surface area (Å²) in [5, 5.41) is 8.00. The van der Waals surface area contributed by atoms with E-state index in [9.17, 15) is 0 Å². The van der Waals surface area contributed by atoms with Gasteiger partial charge in [0.2, 0.25) is 3.79 Å². The highest BCUT2D eigenvalue weighted by Crippen LogP contribution is 2.39. The Morgan fingerprint density at radius 1 is 1.20 bits per heavy atom. The average molecular weight is 307 g/mol. The number of alkyl halides is 3. The Morgan fingerprint density at radius 3 is 2.27 bits per heavy atom. The van der Waals surface area contributed by atoms with Crippen LogP contribution in [0, 0.1) is 11.5 Å². The molecule has 0 unspecified atom stereocenters. The molecule has 15 heavy (non-hydrogen) atoms. The fraction of sp³-hybridized carbons (Fsp3) is 0.167. The Kier molecular flexibility index (Phi) is 4.10. The first kappa shape index (κ1) is 12.9. The molecule has 4 nitrogen and oxygen atoms in total. The molecule has 1 heterocycles. The van der Waals surface area contributed by atoms with Gasteiger partial charge in [-0.1, -0.05) is 58.0 Å². The van der Waals surface area contributed by atoms with E-state index in [0.29, 0.717) is 0 Å². The molecule has 0 saturated carbocycles. The maximum Gasteiger partial charge on any atom is 0.293 e. The van der Waals surface area contributed by atoms with Crippen molar-refractivity contribution in [3.8, 4) is 12.1 Å². The highest BCUT2D eigenvalue weighted by molar-refractivity contribution is 6.66. The summed E-state index contributed by atoms with van der Waals surface area (Å²) in [4.78, 5) is 7.25. The van der Waals surface area contributed by atoms with Crippen LogP contribution in [-0.4, -0.2) is 9.97 Å². The molecular formula is C6Cl5N3O. The molecule has 80 valence electrons. The first-order valence-electron chi connectivity index (χ1n) is 3.22. The van der Waals surface area contributed by atoms with Gasteiger partial charge in [-0.25, -0.2) is 4.98 Å². The van der Waals surface area contributed by atoms with Gasteiger partial charge in [-0.3, -0.25) is 0 Å². The highest BCUT2D eigenvalue weighted by atomic mass is 35.6. The van der Waals surface area contributed by atoms with Gasteiger partial charge in [0.15, 0.2) is 11.0 Å². The molecule has 0 saturated heterocycles. The molecule has 0 aliphatic heterocycles. The van der Waals surface area contributed by atoms with E-state index in [0.717, 1.165) is 0 Å². The van der Waals surface area contributed by atoms with E-state index < -0.39 is 3.79 Å². The second-order valence-electron chi connectivity index (χ2n) is 2.15. The van der Waals surface area contributed by atoms with Crippen LogP contribution in [0.3, 0.4) is 0 Å². The van der Waals surface area contributed by atoms with Gasteiger partial charge < -0.3 is 4.74 Å². The molecule has 0 aromatic carbocycles. The zero-order valence-electron chi connectivity index (χ0n) is 6.64. The minimum atomic E-state index is -1.87. The number of hydrogen-bond donors (Lipinski definition) is 0. The molecule has 0 atom stereocenters. The second kappa shape index (κ2) is 4.77. The Bertz CT molecular complexity index is 424. The van der Waals surface area contributed by atoms with E-state index in [1.165, 1.54) is 6.26 Å². The van der Waals surface area contributed by atoms with Crippen molar-refractivity contribution in [3.63, 3.8) is 0 Å².